The molecular weight excluding hydrogens is 220 g/mol. The van der Waals surface area contributed by atoms with Gasteiger partial charge in [-0.25, -0.2) is 0 Å². The molecule has 1 aliphatic heterocycles. The Balaban J connectivity index is 1.68. The molecular formula is C16H26N2. The van der Waals surface area contributed by atoms with E-state index >= 15 is 0 Å². The van der Waals surface area contributed by atoms with Gasteiger partial charge in [0.2, 0.25) is 0 Å². The fourth-order valence-electron chi connectivity index (χ4n) is 2.57. The van der Waals surface area contributed by atoms with Crippen LogP contribution in [0.3, 0.4) is 0 Å². The first-order valence-corrected chi connectivity index (χ1v) is 7.37. The molecule has 1 saturated heterocycles. The van der Waals surface area contributed by atoms with Crippen molar-refractivity contribution in [2.45, 2.75) is 39.0 Å². The van der Waals surface area contributed by atoms with Crippen molar-refractivity contribution >= 4 is 5.69 Å². The van der Waals surface area contributed by atoms with E-state index in [4.69, 9.17) is 0 Å². The van der Waals surface area contributed by atoms with Gasteiger partial charge in [-0.2, -0.15) is 0 Å². The molecule has 0 radical (unpaired) electrons. The minimum absolute atomic E-state index is 1.06. The lowest BCUT2D eigenvalue weighted by Crippen LogP contribution is -2.31. The maximum atomic E-state index is 3.51. The summed E-state index contributed by atoms with van der Waals surface area (Å²) in [5, 5.41) is 3.51. The van der Waals surface area contributed by atoms with Crippen molar-refractivity contribution in [2.75, 3.05) is 31.5 Å². The molecule has 0 bridgehead atoms. The molecule has 1 aromatic carbocycles. The van der Waals surface area contributed by atoms with Crippen LogP contribution in [-0.2, 0) is 0 Å². The minimum Gasteiger partial charge on any atom is -0.384 e. The highest BCUT2D eigenvalue weighted by atomic mass is 15.1. The van der Waals surface area contributed by atoms with Gasteiger partial charge in [-0.1, -0.05) is 37.0 Å². The van der Waals surface area contributed by atoms with E-state index in [1.807, 2.05) is 0 Å². The molecule has 0 atom stereocenters. The summed E-state index contributed by atoms with van der Waals surface area (Å²) >= 11 is 0. The highest BCUT2D eigenvalue weighted by molar-refractivity contribution is 5.44. The van der Waals surface area contributed by atoms with Crippen LogP contribution in [0.5, 0.6) is 0 Å². The van der Waals surface area contributed by atoms with Crippen molar-refractivity contribution in [1.82, 2.24) is 4.90 Å². The third-order valence-electron chi connectivity index (χ3n) is 3.76. The number of nitrogens with one attached hydrogen (secondary N) is 1. The largest absolute Gasteiger partial charge is 0.384 e. The maximum Gasteiger partial charge on any atom is 0.0340 e. The van der Waals surface area contributed by atoms with Crippen LogP contribution in [0.15, 0.2) is 24.3 Å². The summed E-state index contributed by atoms with van der Waals surface area (Å²) in [5.74, 6) is 0. The molecule has 1 aromatic rings. The highest BCUT2D eigenvalue weighted by Crippen LogP contribution is 2.11. The fraction of sp³-hybridized carbons (Fsp3) is 0.625. The predicted octanol–water partition coefficient (Wildman–Crippen LogP) is 3.67. The molecule has 0 saturated carbocycles. The molecule has 0 amide bonds. The van der Waals surface area contributed by atoms with E-state index in [0.29, 0.717) is 0 Å². The quantitative estimate of drug-likeness (QED) is 0.872. The SMILES string of the molecule is Cc1ccc(NCCN2CCCCCCC2)cc1. The van der Waals surface area contributed by atoms with Crippen molar-refractivity contribution in [2.24, 2.45) is 0 Å². The van der Waals surface area contributed by atoms with Gasteiger partial charge in [0.15, 0.2) is 0 Å². The highest BCUT2D eigenvalue weighted by Gasteiger charge is 2.07. The molecule has 0 spiro atoms. The Bertz CT molecular complexity index is 323. The van der Waals surface area contributed by atoms with Gasteiger partial charge in [-0.05, 0) is 45.0 Å². The average Bonchev–Trinajstić information content (AvgIpc) is 2.34. The van der Waals surface area contributed by atoms with Crippen LogP contribution < -0.4 is 5.32 Å². The molecule has 1 fully saturated rings. The van der Waals surface area contributed by atoms with Crippen molar-refractivity contribution in [3.63, 3.8) is 0 Å². The van der Waals surface area contributed by atoms with Gasteiger partial charge in [0.1, 0.15) is 0 Å². The van der Waals surface area contributed by atoms with Crippen LogP contribution in [0.4, 0.5) is 5.69 Å². The maximum absolute atomic E-state index is 3.51. The van der Waals surface area contributed by atoms with Crippen LogP contribution in [0.1, 0.15) is 37.7 Å². The topological polar surface area (TPSA) is 15.3 Å². The lowest BCUT2D eigenvalue weighted by Gasteiger charge is -2.24. The van der Waals surface area contributed by atoms with Gasteiger partial charge in [0, 0.05) is 18.8 Å². The van der Waals surface area contributed by atoms with Crippen LogP contribution in [0.2, 0.25) is 0 Å². The van der Waals surface area contributed by atoms with Gasteiger partial charge in [-0.3, -0.25) is 0 Å². The zero-order valence-corrected chi connectivity index (χ0v) is 11.6. The monoisotopic (exact) mass is 246 g/mol. The van der Waals surface area contributed by atoms with Crippen molar-refractivity contribution in [3.8, 4) is 0 Å². The standard InChI is InChI=1S/C16H26N2/c1-15-7-9-16(10-8-15)17-11-14-18-12-5-3-2-4-6-13-18/h7-10,17H,2-6,11-14H2,1H3. The lowest BCUT2D eigenvalue weighted by atomic mass is 10.1. The molecule has 2 nitrogen and oxygen atoms in total. The summed E-state index contributed by atoms with van der Waals surface area (Å²) < 4.78 is 0. The molecule has 100 valence electrons. The van der Waals surface area contributed by atoms with Crippen molar-refractivity contribution in [1.29, 1.82) is 0 Å². The summed E-state index contributed by atoms with van der Waals surface area (Å²) in [7, 11) is 0. The van der Waals surface area contributed by atoms with Crippen molar-refractivity contribution in [3.05, 3.63) is 29.8 Å². The van der Waals surface area contributed by atoms with Gasteiger partial charge in [0.05, 0.1) is 0 Å². The number of hydrogen-bond donors (Lipinski definition) is 1. The molecule has 1 aliphatic rings. The zero-order valence-electron chi connectivity index (χ0n) is 11.6. The third-order valence-corrected chi connectivity index (χ3v) is 3.76. The predicted molar refractivity (Wildman–Crippen MR) is 79.2 cm³/mol. The number of likely N-dealkylation sites (tertiary alicyclic amines) is 1. The fourth-order valence-corrected chi connectivity index (χ4v) is 2.57. The Morgan fingerprint density at radius 1 is 0.944 bits per heavy atom. The van der Waals surface area contributed by atoms with Gasteiger partial charge < -0.3 is 10.2 Å². The van der Waals surface area contributed by atoms with E-state index in [1.165, 1.54) is 63.0 Å². The number of aryl methyl sites for hydroxylation is 1. The van der Waals surface area contributed by atoms with Crippen LogP contribution in [-0.4, -0.2) is 31.1 Å². The molecule has 1 N–H and O–H groups in total. The van der Waals surface area contributed by atoms with Gasteiger partial charge in [-0.15, -0.1) is 0 Å². The van der Waals surface area contributed by atoms with E-state index in [1.54, 1.807) is 0 Å². The Hall–Kier alpha value is -1.02. The summed E-state index contributed by atoms with van der Waals surface area (Å²) in [5.41, 5.74) is 2.57. The van der Waals surface area contributed by atoms with Gasteiger partial charge in [0.25, 0.3) is 0 Å². The number of hydrogen-bond acceptors (Lipinski definition) is 2. The molecule has 0 aliphatic carbocycles. The second-order valence-corrected chi connectivity index (χ2v) is 5.40. The molecule has 2 rings (SSSR count). The van der Waals surface area contributed by atoms with E-state index in [9.17, 15) is 0 Å². The Morgan fingerprint density at radius 3 is 2.22 bits per heavy atom. The van der Waals surface area contributed by atoms with E-state index < -0.39 is 0 Å². The second kappa shape index (κ2) is 7.42. The van der Waals surface area contributed by atoms with Crippen LogP contribution >= 0.6 is 0 Å². The lowest BCUT2D eigenvalue weighted by molar-refractivity contribution is 0.256. The molecule has 0 aromatic heterocycles. The summed E-state index contributed by atoms with van der Waals surface area (Å²) in [6.07, 6.45) is 7.04. The number of benzene rings is 1. The van der Waals surface area contributed by atoms with Crippen LogP contribution in [0, 0.1) is 6.92 Å². The normalized spacial score (nSPS) is 18.1. The number of rotatable bonds is 4. The van der Waals surface area contributed by atoms with E-state index in [2.05, 4.69) is 41.4 Å². The van der Waals surface area contributed by atoms with Gasteiger partial charge >= 0.3 is 0 Å². The van der Waals surface area contributed by atoms with Crippen molar-refractivity contribution < 1.29 is 0 Å². The smallest absolute Gasteiger partial charge is 0.0340 e. The Morgan fingerprint density at radius 2 is 1.56 bits per heavy atom. The first kappa shape index (κ1) is 13.4. The molecule has 18 heavy (non-hydrogen) atoms. The minimum atomic E-state index is 1.06. The number of anilines is 1. The first-order valence-electron chi connectivity index (χ1n) is 7.37. The zero-order chi connectivity index (χ0) is 12.6. The Labute approximate surface area is 111 Å². The third kappa shape index (κ3) is 4.69. The van der Waals surface area contributed by atoms with Crippen LogP contribution in [0.25, 0.3) is 0 Å². The summed E-state index contributed by atoms with van der Waals surface area (Å²) in [6, 6.07) is 8.67. The average molecular weight is 246 g/mol. The molecule has 2 heteroatoms. The summed E-state index contributed by atoms with van der Waals surface area (Å²) in [4.78, 5) is 2.61. The Kier molecular flexibility index (Phi) is 5.53. The van der Waals surface area contributed by atoms with E-state index in [-0.39, 0.29) is 0 Å². The second-order valence-electron chi connectivity index (χ2n) is 5.40. The first-order chi connectivity index (χ1) is 8.84. The molecule has 0 unspecified atom stereocenters. The summed E-state index contributed by atoms with van der Waals surface area (Å²) in [6.45, 7) is 6.94. The van der Waals surface area contributed by atoms with E-state index in [0.717, 1.165) is 6.54 Å². The molecule has 1 heterocycles. The number of nitrogens with zero attached hydrogens (tertiary/aromatic N) is 1.